The van der Waals surface area contributed by atoms with E-state index in [-0.39, 0.29) is 5.48 Å². The fraction of sp³-hybridized carbons (Fsp3) is 0.0625. The van der Waals surface area contributed by atoms with Crippen LogP contribution in [0.15, 0.2) is 60.7 Å². The van der Waals surface area contributed by atoms with Crippen molar-refractivity contribution >= 4 is 12.0 Å². The fourth-order valence-electron chi connectivity index (χ4n) is 1.58. The second-order valence-electron chi connectivity index (χ2n) is 4.01. The molecule has 2 aromatic carbocycles. The van der Waals surface area contributed by atoms with E-state index in [0.29, 0.717) is 6.61 Å². The molecule has 3 N–H and O–H groups in total. The van der Waals surface area contributed by atoms with Crippen LogP contribution >= 0.6 is 0 Å². The molecule has 0 aliphatic carbocycles. The molecule has 0 unspecified atom stereocenters. The number of carboxylic acids is 1. The SMILES string of the molecule is O.O=C(O)/C=C/c1ccc(OCc2ccccc2)cc1. The third kappa shape index (κ3) is 4.96. The molecule has 2 rings (SSSR count). The maximum absolute atomic E-state index is 10.4. The largest absolute Gasteiger partial charge is 0.489 e. The lowest BCUT2D eigenvalue weighted by molar-refractivity contribution is -0.131. The number of carbonyl (C=O) groups is 1. The number of benzene rings is 2. The second kappa shape index (κ2) is 7.76. The molecule has 4 nitrogen and oxygen atoms in total. The molecule has 0 aliphatic rings. The van der Waals surface area contributed by atoms with E-state index in [4.69, 9.17) is 9.84 Å². The van der Waals surface area contributed by atoms with Gasteiger partial charge in [0.1, 0.15) is 12.4 Å². The Morgan fingerprint density at radius 3 is 2.30 bits per heavy atom. The molecule has 0 heterocycles. The van der Waals surface area contributed by atoms with Gasteiger partial charge in [0.05, 0.1) is 0 Å². The summed E-state index contributed by atoms with van der Waals surface area (Å²) in [6, 6.07) is 17.2. The minimum Gasteiger partial charge on any atom is -0.489 e. The molecule has 4 heteroatoms. The summed E-state index contributed by atoms with van der Waals surface area (Å²) in [5.41, 5.74) is 1.94. The van der Waals surface area contributed by atoms with E-state index in [1.54, 1.807) is 6.08 Å². The number of ether oxygens (including phenoxy) is 1. The molecule has 0 aromatic heterocycles. The first-order valence-electron chi connectivity index (χ1n) is 5.92. The van der Waals surface area contributed by atoms with Crippen molar-refractivity contribution in [2.75, 3.05) is 0 Å². The molecule has 0 radical (unpaired) electrons. The van der Waals surface area contributed by atoms with Crippen molar-refractivity contribution in [1.82, 2.24) is 0 Å². The Labute approximate surface area is 117 Å². The van der Waals surface area contributed by atoms with Gasteiger partial charge < -0.3 is 15.3 Å². The van der Waals surface area contributed by atoms with Gasteiger partial charge in [-0.05, 0) is 29.3 Å². The zero-order chi connectivity index (χ0) is 13.5. The monoisotopic (exact) mass is 272 g/mol. The maximum Gasteiger partial charge on any atom is 0.328 e. The van der Waals surface area contributed by atoms with E-state index in [9.17, 15) is 4.79 Å². The summed E-state index contributed by atoms with van der Waals surface area (Å²) >= 11 is 0. The molecule has 0 amide bonds. The maximum atomic E-state index is 10.4. The van der Waals surface area contributed by atoms with Crippen LogP contribution in [0.3, 0.4) is 0 Å². The van der Waals surface area contributed by atoms with Gasteiger partial charge in [0.25, 0.3) is 0 Å². The average molecular weight is 272 g/mol. The molecule has 2 aromatic rings. The van der Waals surface area contributed by atoms with Crippen molar-refractivity contribution in [3.05, 3.63) is 71.8 Å². The lowest BCUT2D eigenvalue weighted by Crippen LogP contribution is -1.94. The van der Waals surface area contributed by atoms with Crippen LogP contribution in [-0.2, 0) is 11.4 Å². The number of carboxylic acid groups (broad SMARTS) is 1. The van der Waals surface area contributed by atoms with E-state index in [2.05, 4.69) is 0 Å². The summed E-state index contributed by atoms with van der Waals surface area (Å²) in [5, 5.41) is 8.53. The Kier molecular flexibility index (Phi) is 6.00. The first-order chi connectivity index (χ1) is 9.24. The van der Waals surface area contributed by atoms with Gasteiger partial charge in [-0.1, -0.05) is 42.5 Å². The molecule has 0 saturated heterocycles. The van der Waals surface area contributed by atoms with Crippen molar-refractivity contribution in [1.29, 1.82) is 0 Å². The van der Waals surface area contributed by atoms with Gasteiger partial charge in [0.2, 0.25) is 0 Å². The molecule has 0 fully saturated rings. The number of hydrogen-bond donors (Lipinski definition) is 1. The van der Waals surface area contributed by atoms with Gasteiger partial charge in [0, 0.05) is 6.08 Å². The molecular weight excluding hydrogens is 256 g/mol. The highest BCUT2D eigenvalue weighted by atomic mass is 16.5. The summed E-state index contributed by atoms with van der Waals surface area (Å²) in [4.78, 5) is 10.4. The Hall–Kier alpha value is -2.59. The van der Waals surface area contributed by atoms with E-state index < -0.39 is 5.97 Å². The molecule has 0 aliphatic heterocycles. The Morgan fingerprint density at radius 1 is 1.05 bits per heavy atom. The van der Waals surface area contributed by atoms with Crippen LogP contribution in [0, 0.1) is 0 Å². The van der Waals surface area contributed by atoms with Gasteiger partial charge in [-0.15, -0.1) is 0 Å². The minimum absolute atomic E-state index is 0. The zero-order valence-corrected chi connectivity index (χ0v) is 10.8. The van der Waals surface area contributed by atoms with Crippen LogP contribution in [-0.4, -0.2) is 16.6 Å². The summed E-state index contributed by atoms with van der Waals surface area (Å²) < 4.78 is 5.63. The van der Waals surface area contributed by atoms with Crippen LogP contribution in [0.1, 0.15) is 11.1 Å². The number of rotatable bonds is 5. The molecule has 20 heavy (non-hydrogen) atoms. The van der Waals surface area contributed by atoms with Gasteiger partial charge in [0.15, 0.2) is 0 Å². The summed E-state index contributed by atoms with van der Waals surface area (Å²) in [6.07, 6.45) is 2.66. The molecule has 0 bridgehead atoms. The van der Waals surface area contributed by atoms with E-state index in [0.717, 1.165) is 23.0 Å². The summed E-state index contributed by atoms with van der Waals surface area (Å²) in [6.45, 7) is 0.519. The second-order valence-corrected chi connectivity index (χ2v) is 4.01. The van der Waals surface area contributed by atoms with Crippen molar-refractivity contribution < 1.29 is 20.1 Å². The highest BCUT2D eigenvalue weighted by Crippen LogP contribution is 2.15. The predicted octanol–water partition coefficient (Wildman–Crippen LogP) is 2.54. The lowest BCUT2D eigenvalue weighted by atomic mass is 10.2. The summed E-state index contributed by atoms with van der Waals surface area (Å²) in [7, 11) is 0. The molecule has 0 spiro atoms. The van der Waals surface area contributed by atoms with Gasteiger partial charge in [-0.3, -0.25) is 0 Å². The average Bonchev–Trinajstić information content (AvgIpc) is 2.45. The molecular formula is C16H16O4. The van der Waals surface area contributed by atoms with E-state index in [1.807, 2.05) is 54.6 Å². The Balaban J connectivity index is 0.00000200. The predicted molar refractivity (Wildman–Crippen MR) is 77.5 cm³/mol. The first kappa shape index (κ1) is 15.5. The van der Waals surface area contributed by atoms with E-state index in [1.165, 1.54) is 0 Å². The number of aliphatic carboxylic acids is 1. The van der Waals surface area contributed by atoms with Crippen LogP contribution in [0.25, 0.3) is 6.08 Å². The highest BCUT2D eigenvalue weighted by Gasteiger charge is 1.96. The number of hydrogen-bond acceptors (Lipinski definition) is 2. The summed E-state index contributed by atoms with van der Waals surface area (Å²) in [5.74, 6) is -0.194. The third-order valence-electron chi connectivity index (χ3n) is 2.55. The first-order valence-corrected chi connectivity index (χ1v) is 5.92. The van der Waals surface area contributed by atoms with Crippen molar-refractivity contribution in [3.8, 4) is 5.75 Å². The zero-order valence-electron chi connectivity index (χ0n) is 10.8. The smallest absolute Gasteiger partial charge is 0.328 e. The molecule has 104 valence electrons. The highest BCUT2D eigenvalue weighted by molar-refractivity contribution is 5.85. The van der Waals surface area contributed by atoms with E-state index >= 15 is 0 Å². The van der Waals surface area contributed by atoms with Crippen LogP contribution < -0.4 is 4.74 Å². The van der Waals surface area contributed by atoms with Gasteiger partial charge in [-0.25, -0.2) is 4.79 Å². The third-order valence-corrected chi connectivity index (χ3v) is 2.55. The lowest BCUT2D eigenvalue weighted by Gasteiger charge is -2.06. The van der Waals surface area contributed by atoms with Crippen molar-refractivity contribution in [2.24, 2.45) is 0 Å². The Morgan fingerprint density at radius 2 is 1.70 bits per heavy atom. The van der Waals surface area contributed by atoms with Crippen LogP contribution in [0.2, 0.25) is 0 Å². The van der Waals surface area contributed by atoms with Crippen LogP contribution in [0.4, 0.5) is 0 Å². The Bertz CT molecular complexity index is 559. The van der Waals surface area contributed by atoms with Crippen molar-refractivity contribution in [2.45, 2.75) is 6.61 Å². The standard InChI is InChI=1S/C16H14O3.H2O/c17-16(18)11-8-13-6-9-15(10-7-13)19-12-14-4-2-1-3-5-14;/h1-11H,12H2,(H,17,18);1H2/b11-8+;. The van der Waals surface area contributed by atoms with Gasteiger partial charge in [-0.2, -0.15) is 0 Å². The minimum atomic E-state index is -0.954. The van der Waals surface area contributed by atoms with Crippen LogP contribution in [0.5, 0.6) is 5.75 Å². The molecule has 0 atom stereocenters. The van der Waals surface area contributed by atoms with Crippen molar-refractivity contribution in [3.63, 3.8) is 0 Å². The fourth-order valence-corrected chi connectivity index (χ4v) is 1.58. The normalized spacial score (nSPS) is 10.0. The van der Waals surface area contributed by atoms with Gasteiger partial charge >= 0.3 is 5.97 Å². The topological polar surface area (TPSA) is 78.0 Å². The molecule has 0 saturated carbocycles. The quantitative estimate of drug-likeness (QED) is 0.849.